The fraction of sp³-hybridized carbons (Fsp3) is 0.250. The molecule has 0 saturated carbocycles. The second kappa shape index (κ2) is 10.6. The Kier molecular flexibility index (Phi) is 7.54. The Bertz CT molecular complexity index is 1390. The molecule has 5 aromatic rings. The molecule has 0 amide bonds. The number of nitrogens with zero attached hydrogens (tertiary/aromatic N) is 6. The van der Waals surface area contributed by atoms with Crippen LogP contribution in [-0.4, -0.2) is 39.8 Å². The number of para-hydroxylation sites is 1. The Labute approximate surface area is 214 Å². The molecule has 8 nitrogen and oxygen atoms in total. The minimum Gasteiger partial charge on any atom is -0.390 e. The molecule has 34 heavy (non-hydrogen) atoms. The van der Waals surface area contributed by atoms with Crippen molar-refractivity contribution in [1.82, 2.24) is 34.7 Å². The van der Waals surface area contributed by atoms with Gasteiger partial charge in [-0.15, -0.1) is 10.2 Å². The van der Waals surface area contributed by atoms with Gasteiger partial charge in [-0.05, 0) is 41.5 Å². The molecule has 0 radical (unpaired) electrons. The van der Waals surface area contributed by atoms with E-state index in [0.29, 0.717) is 23.2 Å². The van der Waals surface area contributed by atoms with Gasteiger partial charge in [-0.25, -0.2) is 4.98 Å². The number of hydrogen-bond donors (Lipinski definition) is 2. The summed E-state index contributed by atoms with van der Waals surface area (Å²) >= 11 is 6.35. The smallest absolute Gasteiger partial charge is 0.390 e. The number of fused-ring (bicyclic) bond motifs is 1. The first-order chi connectivity index (χ1) is 16.2. The molecule has 2 aromatic carbocycles. The van der Waals surface area contributed by atoms with Gasteiger partial charge in [0.25, 0.3) is 0 Å². The van der Waals surface area contributed by atoms with E-state index in [1.54, 1.807) is 0 Å². The molecule has 3 aromatic heterocycles. The molecule has 0 unspecified atom stereocenters. The zero-order chi connectivity index (χ0) is 22.8. The molecular weight excluding hydrogens is 445 g/mol. The first-order valence-corrected chi connectivity index (χ1v) is 11.4. The molecule has 2 N–H and O–H groups in total. The summed E-state index contributed by atoms with van der Waals surface area (Å²) in [5.41, 5.74) is 4.71. The van der Waals surface area contributed by atoms with Crippen LogP contribution in [0.5, 0.6) is 0 Å². The zero-order valence-corrected chi connectivity index (χ0v) is 20.0. The molecule has 10 heteroatoms. The van der Waals surface area contributed by atoms with Crippen LogP contribution in [0.15, 0.2) is 54.7 Å². The molecule has 0 bridgehead atoms. The molecule has 0 atom stereocenters. The maximum Gasteiger partial charge on any atom is 1.00 e. The molecule has 0 saturated heterocycles. The first-order valence-electron chi connectivity index (χ1n) is 11.0. The van der Waals surface area contributed by atoms with Crippen molar-refractivity contribution < 1.29 is 24.0 Å². The van der Waals surface area contributed by atoms with Crippen molar-refractivity contribution in [2.24, 2.45) is 0 Å². The minimum absolute atomic E-state index is 0. The number of halogens is 1. The second-order valence-electron chi connectivity index (χ2n) is 7.90. The van der Waals surface area contributed by atoms with E-state index in [1.807, 2.05) is 30.3 Å². The van der Waals surface area contributed by atoms with Gasteiger partial charge in [0.2, 0.25) is 5.82 Å². The third-order valence-electron chi connectivity index (χ3n) is 5.91. The van der Waals surface area contributed by atoms with Crippen molar-refractivity contribution in [3.63, 3.8) is 0 Å². The van der Waals surface area contributed by atoms with Crippen LogP contribution in [-0.2, 0) is 19.6 Å². The average Bonchev–Trinajstić information content (AvgIpc) is 3.57. The predicted octanol–water partition coefficient (Wildman–Crippen LogP) is 1.55. The summed E-state index contributed by atoms with van der Waals surface area (Å²) in [4.78, 5) is 4.53. The van der Waals surface area contributed by atoms with Gasteiger partial charge in [0.15, 0.2) is 5.15 Å². The number of imidazole rings is 1. The van der Waals surface area contributed by atoms with Crippen molar-refractivity contribution in [3.05, 3.63) is 77.0 Å². The van der Waals surface area contributed by atoms with E-state index in [2.05, 4.69) is 66.1 Å². The van der Waals surface area contributed by atoms with Crippen LogP contribution in [0.3, 0.4) is 0 Å². The van der Waals surface area contributed by atoms with E-state index in [-0.39, 0.29) is 25.5 Å². The van der Waals surface area contributed by atoms with Crippen LogP contribution in [0.25, 0.3) is 28.0 Å². The van der Waals surface area contributed by atoms with E-state index in [1.165, 1.54) is 0 Å². The summed E-state index contributed by atoms with van der Waals surface area (Å²) in [6.45, 7) is 2.59. The van der Waals surface area contributed by atoms with E-state index >= 15 is 0 Å². The summed E-state index contributed by atoms with van der Waals surface area (Å²) in [5, 5.41) is 26.0. The summed E-state index contributed by atoms with van der Waals surface area (Å²) < 4.78 is 4.19. The number of aromatic amines is 1. The van der Waals surface area contributed by atoms with E-state index in [0.717, 1.165) is 52.8 Å². The van der Waals surface area contributed by atoms with Crippen LogP contribution in [0.4, 0.5) is 0 Å². The molecule has 0 fully saturated rings. The summed E-state index contributed by atoms with van der Waals surface area (Å²) in [7, 11) is 0. The fourth-order valence-electron chi connectivity index (χ4n) is 4.27. The Balaban J connectivity index is 0.00000274. The van der Waals surface area contributed by atoms with Gasteiger partial charge in [-0.3, -0.25) is 0 Å². The van der Waals surface area contributed by atoms with Crippen LogP contribution < -0.4 is 18.9 Å². The minimum atomic E-state index is -0.146. The van der Waals surface area contributed by atoms with Gasteiger partial charge in [-0.2, -0.15) is 5.21 Å². The van der Waals surface area contributed by atoms with E-state index < -0.39 is 0 Å². The monoisotopic (exact) mass is 468 g/mol. The number of aliphatic hydroxyl groups is 1. The molecule has 0 aliphatic heterocycles. The number of rotatable bonds is 8. The quantitative estimate of drug-likeness (QED) is 0.337. The van der Waals surface area contributed by atoms with E-state index in [4.69, 9.17) is 11.6 Å². The number of aliphatic hydroxyl groups excluding tert-OH is 1. The maximum absolute atomic E-state index is 9.93. The van der Waals surface area contributed by atoms with Gasteiger partial charge in [-0.1, -0.05) is 49.2 Å². The SMILES string of the molecule is CCCCc1nc(Cl)c(CO)n1Cc1cccc2c1ccn2-c1ccccc1-c1nn[nH]n1.[Li+]. The number of unbranched alkanes of at least 4 members (excludes halogenated alkanes) is 1. The number of hydrogen-bond acceptors (Lipinski definition) is 5. The number of H-pyrrole nitrogens is 1. The topological polar surface area (TPSA) is 97.4 Å². The summed E-state index contributed by atoms with van der Waals surface area (Å²) in [6, 6.07) is 16.3. The molecule has 3 heterocycles. The predicted molar refractivity (Wildman–Crippen MR) is 127 cm³/mol. The number of tetrazole rings is 1. The Hall–Kier alpha value is -2.89. The largest absolute Gasteiger partial charge is 1.00 e. The van der Waals surface area contributed by atoms with E-state index in [9.17, 15) is 5.11 Å². The van der Waals surface area contributed by atoms with Crippen molar-refractivity contribution in [3.8, 4) is 17.1 Å². The normalized spacial score (nSPS) is 11.1. The van der Waals surface area contributed by atoms with Crippen LogP contribution in [0.1, 0.15) is 36.8 Å². The Morgan fingerprint density at radius 1 is 1.09 bits per heavy atom. The average molecular weight is 469 g/mol. The van der Waals surface area contributed by atoms with Gasteiger partial charge >= 0.3 is 18.9 Å². The third kappa shape index (κ3) is 4.42. The van der Waals surface area contributed by atoms with Crippen molar-refractivity contribution in [2.75, 3.05) is 0 Å². The molecule has 0 aliphatic carbocycles. The second-order valence-corrected chi connectivity index (χ2v) is 8.26. The fourth-order valence-corrected chi connectivity index (χ4v) is 4.53. The summed E-state index contributed by atoms with van der Waals surface area (Å²) in [5.74, 6) is 1.45. The maximum atomic E-state index is 9.93. The number of nitrogens with one attached hydrogen (secondary N) is 1. The third-order valence-corrected chi connectivity index (χ3v) is 6.21. The standard InChI is InChI=1S/C24H24ClN7O.Li/c1-2-3-11-22-26-23(25)21(15-33)32(22)14-16-7-6-10-19-17(16)12-13-31(19)20-9-5-4-8-18(20)24-27-29-30-28-24;/h4-10,12-13,33H,2-3,11,14-15H2,1H3,(H,27,28,29,30);/q;+1. The van der Waals surface area contributed by atoms with Crippen LogP contribution in [0.2, 0.25) is 5.15 Å². The molecule has 0 spiro atoms. The summed E-state index contributed by atoms with van der Waals surface area (Å²) in [6.07, 6.45) is 4.97. The molecule has 0 aliphatic rings. The van der Waals surface area contributed by atoms with Crippen LogP contribution in [0, 0.1) is 0 Å². The van der Waals surface area contributed by atoms with Crippen molar-refractivity contribution in [2.45, 2.75) is 39.3 Å². The van der Waals surface area contributed by atoms with Crippen molar-refractivity contribution in [1.29, 1.82) is 0 Å². The number of aryl methyl sites for hydroxylation is 1. The van der Waals surface area contributed by atoms with Gasteiger partial charge in [0.05, 0.1) is 23.5 Å². The van der Waals surface area contributed by atoms with Gasteiger partial charge in [0.1, 0.15) is 5.82 Å². The number of benzene rings is 2. The zero-order valence-electron chi connectivity index (χ0n) is 19.2. The van der Waals surface area contributed by atoms with Gasteiger partial charge < -0.3 is 14.2 Å². The van der Waals surface area contributed by atoms with Gasteiger partial charge in [0, 0.05) is 30.1 Å². The Morgan fingerprint density at radius 2 is 1.94 bits per heavy atom. The first kappa shape index (κ1) is 24.2. The molecule has 168 valence electrons. The molecular formula is C24H24ClLiN7O+. The molecule has 5 rings (SSSR count). The number of aromatic nitrogens is 7. The Morgan fingerprint density at radius 3 is 2.71 bits per heavy atom. The van der Waals surface area contributed by atoms with Crippen LogP contribution >= 0.6 is 11.6 Å². The van der Waals surface area contributed by atoms with Crippen molar-refractivity contribution >= 4 is 22.5 Å².